The number of benzene rings is 2. The van der Waals surface area contributed by atoms with E-state index in [0.29, 0.717) is 12.6 Å². The minimum Gasteiger partial charge on any atom is -0.496 e. The Labute approximate surface area is 173 Å². The number of ether oxygens (including phenoxy) is 3. The summed E-state index contributed by atoms with van der Waals surface area (Å²) in [7, 11) is 5.02. The van der Waals surface area contributed by atoms with Crippen LogP contribution in [-0.2, 0) is 6.54 Å². The van der Waals surface area contributed by atoms with E-state index in [0.717, 1.165) is 46.9 Å². The van der Waals surface area contributed by atoms with Gasteiger partial charge in [0, 0.05) is 24.7 Å². The molecule has 0 radical (unpaired) electrons. The fourth-order valence-corrected chi connectivity index (χ4v) is 4.60. The summed E-state index contributed by atoms with van der Waals surface area (Å²) in [6, 6.07) is 10.9. The van der Waals surface area contributed by atoms with Crippen LogP contribution in [0.25, 0.3) is 16.7 Å². The highest BCUT2D eigenvalue weighted by Crippen LogP contribution is 2.41. The molecule has 2 N–H and O–H groups in total. The Morgan fingerprint density at radius 2 is 1.72 bits per heavy atom. The Morgan fingerprint density at radius 3 is 2.45 bits per heavy atom. The molecule has 0 spiro atoms. The molecule has 1 unspecified atom stereocenters. The Balaban J connectivity index is 1.86. The topological polar surface area (TPSA) is 57.0 Å². The van der Waals surface area contributed by atoms with Crippen LogP contribution in [0.2, 0.25) is 0 Å². The molecule has 154 valence electrons. The maximum atomic E-state index is 6.04. The van der Waals surface area contributed by atoms with Gasteiger partial charge < -0.3 is 19.9 Å². The van der Waals surface area contributed by atoms with E-state index in [4.69, 9.17) is 19.9 Å². The van der Waals surface area contributed by atoms with E-state index in [2.05, 4.69) is 29.2 Å². The van der Waals surface area contributed by atoms with E-state index in [-0.39, 0.29) is 0 Å². The number of fused-ring (bicyclic) bond motifs is 1. The van der Waals surface area contributed by atoms with Crippen LogP contribution in [-0.4, -0.2) is 45.4 Å². The summed E-state index contributed by atoms with van der Waals surface area (Å²) in [6.07, 6.45) is 6.04. The molecule has 0 bridgehead atoms. The second-order valence-electron chi connectivity index (χ2n) is 7.67. The Morgan fingerprint density at radius 1 is 0.931 bits per heavy atom. The van der Waals surface area contributed by atoms with Crippen molar-refractivity contribution < 1.29 is 14.2 Å². The lowest BCUT2D eigenvalue weighted by atomic mass is 9.88. The smallest absolute Gasteiger partial charge is 0.161 e. The van der Waals surface area contributed by atoms with Crippen molar-refractivity contribution in [2.24, 2.45) is 5.73 Å². The molecule has 0 amide bonds. The van der Waals surface area contributed by atoms with Crippen molar-refractivity contribution in [2.75, 3.05) is 34.4 Å². The first-order valence-electron chi connectivity index (χ1n) is 10.3. The molecule has 0 saturated carbocycles. The van der Waals surface area contributed by atoms with E-state index < -0.39 is 0 Å². The van der Waals surface area contributed by atoms with Crippen molar-refractivity contribution in [1.29, 1.82) is 0 Å². The lowest BCUT2D eigenvalue weighted by Crippen LogP contribution is -2.32. The lowest BCUT2D eigenvalue weighted by Gasteiger charge is -2.29. The average Bonchev–Trinajstić information content (AvgIpc) is 3.25. The van der Waals surface area contributed by atoms with Crippen molar-refractivity contribution >= 4 is 5.57 Å². The van der Waals surface area contributed by atoms with Gasteiger partial charge in [-0.05, 0) is 72.3 Å². The van der Waals surface area contributed by atoms with Crippen LogP contribution in [0.5, 0.6) is 17.2 Å². The number of hydrogen-bond acceptors (Lipinski definition) is 5. The summed E-state index contributed by atoms with van der Waals surface area (Å²) in [5.74, 6) is 2.26. The van der Waals surface area contributed by atoms with Gasteiger partial charge in [-0.2, -0.15) is 0 Å². The molecule has 1 saturated heterocycles. The molecule has 2 aromatic carbocycles. The van der Waals surface area contributed by atoms with Crippen molar-refractivity contribution in [2.45, 2.75) is 31.8 Å². The molecule has 0 aromatic heterocycles. The van der Waals surface area contributed by atoms with Gasteiger partial charge in [0.15, 0.2) is 11.5 Å². The van der Waals surface area contributed by atoms with Gasteiger partial charge in [-0.1, -0.05) is 12.1 Å². The minimum absolute atomic E-state index is 0.450. The highest BCUT2D eigenvalue weighted by atomic mass is 16.5. The normalized spacial score (nSPS) is 18.9. The predicted molar refractivity (Wildman–Crippen MR) is 117 cm³/mol. The average molecular weight is 395 g/mol. The first-order valence-corrected chi connectivity index (χ1v) is 10.3. The quantitative estimate of drug-likeness (QED) is 0.800. The Hall–Kier alpha value is -2.50. The Kier molecular flexibility index (Phi) is 5.79. The molecule has 0 aliphatic carbocycles. The van der Waals surface area contributed by atoms with Crippen LogP contribution in [0.4, 0.5) is 0 Å². The first kappa shape index (κ1) is 19.8. The van der Waals surface area contributed by atoms with Crippen LogP contribution in [0, 0.1) is 0 Å². The predicted octanol–water partition coefficient (Wildman–Crippen LogP) is 4.09. The summed E-state index contributed by atoms with van der Waals surface area (Å²) >= 11 is 0. The fourth-order valence-electron chi connectivity index (χ4n) is 4.60. The molecule has 5 heteroatoms. The molecule has 2 aromatic rings. The van der Waals surface area contributed by atoms with Gasteiger partial charge in [0.1, 0.15) is 5.75 Å². The first-order chi connectivity index (χ1) is 14.2. The number of rotatable bonds is 6. The van der Waals surface area contributed by atoms with E-state index >= 15 is 0 Å². The van der Waals surface area contributed by atoms with Crippen LogP contribution in [0.15, 0.2) is 36.4 Å². The third-order valence-corrected chi connectivity index (χ3v) is 6.16. The highest BCUT2D eigenvalue weighted by molar-refractivity contribution is 5.84. The number of methoxy groups -OCH3 is 3. The second kappa shape index (κ2) is 8.47. The zero-order valence-corrected chi connectivity index (χ0v) is 17.5. The highest BCUT2D eigenvalue weighted by Gasteiger charge is 2.28. The van der Waals surface area contributed by atoms with Gasteiger partial charge >= 0.3 is 0 Å². The van der Waals surface area contributed by atoms with Crippen molar-refractivity contribution in [3.63, 3.8) is 0 Å². The second-order valence-corrected chi connectivity index (χ2v) is 7.67. The third-order valence-electron chi connectivity index (χ3n) is 6.16. The van der Waals surface area contributed by atoms with E-state index in [1.165, 1.54) is 30.5 Å². The SMILES string of the molecule is COc1cc(-c2ccc(OC)c(OC)c2)c(C2=CC3CCCN3CC2)cc1CN. The maximum absolute atomic E-state index is 6.04. The van der Waals surface area contributed by atoms with Gasteiger partial charge in [-0.15, -0.1) is 0 Å². The van der Waals surface area contributed by atoms with Gasteiger partial charge in [0.2, 0.25) is 0 Å². The molecule has 1 atom stereocenters. The molecule has 4 rings (SSSR count). The summed E-state index contributed by atoms with van der Waals surface area (Å²) in [6.45, 7) is 2.78. The minimum atomic E-state index is 0.450. The summed E-state index contributed by atoms with van der Waals surface area (Å²) in [5, 5.41) is 0. The Bertz CT molecular complexity index is 923. The van der Waals surface area contributed by atoms with E-state index in [1.54, 1.807) is 21.3 Å². The van der Waals surface area contributed by atoms with E-state index in [1.807, 2.05) is 12.1 Å². The number of nitrogens with two attached hydrogens (primary N) is 1. The van der Waals surface area contributed by atoms with Gasteiger partial charge in [-0.3, -0.25) is 4.90 Å². The van der Waals surface area contributed by atoms with Crippen LogP contribution in [0.1, 0.15) is 30.4 Å². The largest absolute Gasteiger partial charge is 0.496 e. The fraction of sp³-hybridized carbons (Fsp3) is 0.417. The molecule has 5 nitrogen and oxygen atoms in total. The van der Waals surface area contributed by atoms with Crippen LogP contribution in [0.3, 0.4) is 0 Å². The van der Waals surface area contributed by atoms with E-state index in [9.17, 15) is 0 Å². The maximum Gasteiger partial charge on any atom is 0.161 e. The number of hydrogen-bond donors (Lipinski definition) is 1. The zero-order valence-electron chi connectivity index (χ0n) is 17.5. The summed E-state index contributed by atoms with van der Waals surface area (Å²) in [4.78, 5) is 2.59. The molecular weight excluding hydrogens is 364 g/mol. The molecule has 29 heavy (non-hydrogen) atoms. The molecular formula is C24H30N2O3. The molecule has 2 heterocycles. The zero-order chi connectivity index (χ0) is 20.4. The van der Waals surface area contributed by atoms with Crippen LogP contribution >= 0.6 is 0 Å². The standard InChI is InChI=1S/C24H30N2O3/c1-27-22-7-6-16(13-24(22)29-3)21-14-23(28-2)18(15-25)12-20(21)17-8-10-26-9-4-5-19(26)11-17/h6-7,11-14,19H,4-5,8-10,15,25H2,1-3H3. The molecule has 1 fully saturated rings. The molecule has 2 aliphatic rings. The van der Waals surface area contributed by atoms with Gasteiger partial charge in [0.05, 0.1) is 21.3 Å². The summed E-state index contributed by atoms with van der Waals surface area (Å²) < 4.78 is 16.6. The summed E-state index contributed by atoms with van der Waals surface area (Å²) in [5.41, 5.74) is 11.9. The third kappa shape index (κ3) is 3.72. The number of nitrogens with zero attached hydrogens (tertiary/aromatic N) is 1. The molecule has 2 aliphatic heterocycles. The van der Waals surface area contributed by atoms with Crippen molar-refractivity contribution in [3.8, 4) is 28.4 Å². The van der Waals surface area contributed by atoms with Crippen molar-refractivity contribution in [1.82, 2.24) is 4.90 Å². The van der Waals surface area contributed by atoms with Gasteiger partial charge in [-0.25, -0.2) is 0 Å². The van der Waals surface area contributed by atoms with Gasteiger partial charge in [0.25, 0.3) is 0 Å². The monoisotopic (exact) mass is 394 g/mol. The van der Waals surface area contributed by atoms with Crippen LogP contribution < -0.4 is 19.9 Å². The van der Waals surface area contributed by atoms with Crippen molar-refractivity contribution in [3.05, 3.63) is 47.5 Å². The lowest BCUT2D eigenvalue weighted by molar-refractivity contribution is 0.288.